The van der Waals surface area contributed by atoms with E-state index in [4.69, 9.17) is 11.5 Å². The first-order chi connectivity index (χ1) is 18.4. The Balaban J connectivity index is 1.62. The minimum Gasteiger partial charge on any atom is -0.356 e. The second-order valence-electron chi connectivity index (χ2n) is 9.79. The molecule has 2 heterocycles. The van der Waals surface area contributed by atoms with E-state index in [0.717, 1.165) is 50.2 Å². The molecule has 38 heavy (non-hydrogen) atoms. The van der Waals surface area contributed by atoms with Gasteiger partial charge in [-0.05, 0) is 57.8 Å². The fraction of sp³-hybridized carbons (Fsp3) is 0.840. The Morgan fingerprint density at radius 2 is 1.42 bits per heavy atom. The van der Waals surface area contributed by atoms with Crippen molar-refractivity contribution < 1.29 is 19.4 Å². The van der Waals surface area contributed by atoms with Gasteiger partial charge >= 0.3 is 5.96 Å². The lowest BCUT2D eigenvalue weighted by molar-refractivity contribution is -0.456. The van der Waals surface area contributed by atoms with Gasteiger partial charge in [-0.2, -0.15) is 0 Å². The van der Waals surface area contributed by atoms with E-state index in [-0.39, 0.29) is 23.7 Å². The molecule has 0 aromatic rings. The van der Waals surface area contributed by atoms with Gasteiger partial charge in [0.05, 0.1) is 6.54 Å². The van der Waals surface area contributed by atoms with Crippen LogP contribution >= 0.6 is 43.2 Å². The quantitative estimate of drug-likeness (QED) is 0.0525. The molecular weight excluding hydrogens is 561 g/mol. The molecular formula is C25H47N6O3S4+. The highest BCUT2D eigenvalue weighted by molar-refractivity contribution is 8.77. The van der Waals surface area contributed by atoms with Crippen molar-refractivity contribution in [2.45, 2.75) is 100 Å². The Kier molecular flexibility index (Phi) is 18.3. The number of hydrogen-bond donors (Lipinski definition) is 6. The molecule has 2 aliphatic heterocycles. The summed E-state index contributed by atoms with van der Waals surface area (Å²) in [6, 6.07) is -0.592. The zero-order valence-corrected chi connectivity index (χ0v) is 25.7. The summed E-state index contributed by atoms with van der Waals surface area (Å²) >= 11 is 0. The predicted octanol–water partition coefficient (Wildman–Crippen LogP) is 1.66. The zero-order chi connectivity index (χ0) is 27.4. The normalized spacial score (nSPS) is 19.6. The minimum absolute atomic E-state index is 0.0841. The van der Waals surface area contributed by atoms with Crippen molar-refractivity contribution >= 4 is 66.9 Å². The molecule has 0 saturated carbocycles. The second kappa shape index (κ2) is 20.9. The van der Waals surface area contributed by atoms with Gasteiger partial charge in [-0.25, -0.2) is 0 Å². The molecule has 3 amide bonds. The topological polar surface area (TPSA) is 153 Å². The van der Waals surface area contributed by atoms with Gasteiger partial charge in [0.25, 0.3) is 0 Å². The molecule has 218 valence electrons. The monoisotopic (exact) mass is 607 g/mol. The minimum atomic E-state index is -0.592. The first-order valence-corrected chi connectivity index (χ1v) is 18.7. The molecule has 2 fully saturated rings. The van der Waals surface area contributed by atoms with Crippen LogP contribution < -0.4 is 32.4 Å². The van der Waals surface area contributed by atoms with E-state index in [1.165, 1.54) is 30.8 Å². The van der Waals surface area contributed by atoms with Crippen molar-refractivity contribution in [3.05, 3.63) is 0 Å². The van der Waals surface area contributed by atoms with Crippen molar-refractivity contribution in [1.82, 2.24) is 16.0 Å². The van der Waals surface area contributed by atoms with Gasteiger partial charge in [-0.3, -0.25) is 30.8 Å². The summed E-state index contributed by atoms with van der Waals surface area (Å²) in [6.07, 6.45) is 11.8. The molecule has 0 bridgehead atoms. The summed E-state index contributed by atoms with van der Waals surface area (Å²) in [5.41, 5.74) is 10.8. The Hall–Kier alpha value is -0.920. The van der Waals surface area contributed by atoms with Crippen LogP contribution in [0.15, 0.2) is 0 Å². The molecule has 0 spiro atoms. The summed E-state index contributed by atoms with van der Waals surface area (Å²) in [6.45, 7) is 1.36. The van der Waals surface area contributed by atoms with Gasteiger partial charge in [0.15, 0.2) is 0 Å². The number of nitrogens with two attached hydrogens (primary N) is 2. The molecule has 8 N–H and O–H groups in total. The first kappa shape index (κ1) is 33.3. The van der Waals surface area contributed by atoms with E-state index in [2.05, 4.69) is 20.9 Å². The van der Waals surface area contributed by atoms with Crippen LogP contribution in [0.2, 0.25) is 0 Å². The van der Waals surface area contributed by atoms with Gasteiger partial charge in [0.2, 0.25) is 17.7 Å². The van der Waals surface area contributed by atoms with Crippen LogP contribution in [0.1, 0.15) is 83.5 Å². The van der Waals surface area contributed by atoms with E-state index in [0.29, 0.717) is 44.1 Å². The predicted molar refractivity (Wildman–Crippen MR) is 165 cm³/mol. The number of rotatable bonds is 20. The molecule has 0 radical (unpaired) electrons. The number of nitrogens with one attached hydrogen (secondary N) is 4. The molecule has 9 nitrogen and oxygen atoms in total. The lowest BCUT2D eigenvalue weighted by Crippen LogP contribution is -2.79. The molecule has 0 aromatic heterocycles. The molecule has 0 aromatic carbocycles. The fourth-order valence-corrected chi connectivity index (χ4v) is 10.3. The Morgan fingerprint density at radius 1 is 0.789 bits per heavy atom. The molecule has 2 saturated heterocycles. The number of carbonyl (C=O) groups is 3. The van der Waals surface area contributed by atoms with E-state index in [1.54, 1.807) is 0 Å². The molecule has 3 atom stereocenters. The van der Waals surface area contributed by atoms with Crippen molar-refractivity contribution in [3.8, 4) is 0 Å². The summed E-state index contributed by atoms with van der Waals surface area (Å²) in [5.74, 6) is 2.38. The van der Waals surface area contributed by atoms with E-state index < -0.39 is 6.04 Å². The Labute approximate surface area is 243 Å². The van der Waals surface area contributed by atoms with Crippen LogP contribution in [0.4, 0.5) is 0 Å². The summed E-state index contributed by atoms with van der Waals surface area (Å²) in [7, 11) is 7.85. The average molecular weight is 608 g/mol. The summed E-state index contributed by atoms with van der Waals surface area (Å²) in [4.78, 5) is 40.2. The van der Waals surface area contributed by atoms with Gasteiger partial charge < -0.3 is 16.0 Å². The van der Waals surface area contributed by atoms with Crippen LogP contribution in [-0.4, -0.2) is 71.4 Å². The molecule has 0 aliphatic carbocycles. The van der Waals surface area contributed by atoms with Gasteiger partial charge in [-0.1, -0.05) is 56.0 Å². The fourth-order valence-electron chi connectivity index (χ4n) is 4.28. The molecule has 2 rings (SSSR count). The molecule has 2 aliphatic rings. The lowest BCUT2D eigenvalue weighted by Gasteiger charge is -2.18. The second-order valence-corrected chi connectivity index (χ2v) is 15.4. The van der Waals surface area contributed by atoms with Crippen LogP contribution in [0.5, 0.6) is 0 Å². The number of guanidine groups is 1. The zero-order valence-electron chi connectivity index (χ0n) is 22.5. The van der Waals surface area contributed by atoms with Gasteiger partial charge in [0, 0.05) is 47.9 Å². The highest BCUT2D eigenvalue weighted by atomic mass is 33.1. The van der Waals surface area contributed by atoms with Gasteiger partial charge in [-0.15, -0.1) is 0 Å². The number of carbonyl (C=O) groups excluding carboxylic acids is 3. The first-order valence-electron chi connectivity index (χ1n) is 14.0. The SMILES string of the molecule is NC(N)=[NH+]CCNC(=O)C(CCCCNC(=O)CCCCC1CCSS1)NC(=O)CCCCC1CCSS1. The van der Waals surface area contributed by atoms with Crippen molar-refractivity contribution in [3.63, 3.8) is 0 Å². The maximum Gasteiger partial charge on any atom is 0.338 e. The Morgan fingerprint density at radius 3 is 2.00 bits per heavy atom. The maximum atomic E-state index is 12.7. The average Bonchev–Trinajstić information content (AvgIpc) is 3.60. The number of hydrogen-bond acceptors (Lipinski definition) is 7. The van der Waals surface area contributed by atoms with Crippen LogP contribution in [0, 0.1) is 0 Å². The van der Waals surface area contributed by atoms with E-state index in [9.17, 15) is 14.4 Å². The molecule has 13 heteroatoms. The maximum absolute atomic E-state index is 12.7. The number of amides is 3. The van der Waals surface area contributed by atoms with Crippen molar-refractivity contribution in [1.29, 1.82) is 0 Å². The third-order valence-electron chi connectivity index (χ3n) is 6.46. The van der Waals surface area contributed by atoms with Crippen molar-refractivity contribution in [2.75, 3.05) is 31.1 Å². The van der Waals surface area contributed by atoms with E-state index in [1.807, 2.05) is 43.2 Å². The third kappa shape index (κ3) is 16.2. The highest BCUT2D eigenvalue weighted by Gasteiger charge is 2.21. The number of unbranched alkanes of at least 4 members (excludes halogenated alkanes) is 3. The van der Waals surface area contributed by atoms with Crippen molar-refractivity contribution in [2.24, 2.45) is 11.5 Å². The largest absolute Gasteiger partial charge is 0.356 e. The summed E-state index contributed by atoms with van der Waals surface area (Å²) in [5, 5.41) is 10.2. The standard InChI is InChI=1S/C25H46N6O3S4/c26-25(27)30-16-15-29-24(34)21(31-23(33)11-4-2-8-20-13-18-36-38-20)9-5-6-14-28-22(32)10-3-1-7-19-12-17-35-37-19/h19-21H,1-18H2,(H,28,32)(H,29,34)(H,31,33)(H4,26,27,30)/p+1. The van der Waals surface area contributed by atoms with Crippen LogP contribution in [-0.2, 0) is 14.4 Å². The van der Waals surface area contributed by atoms with Crippen LogP contribution in [0.3, 0.4) is 0 Å². The molecule has 3 unspecified atom stereocenters. The van der Waals surface area contributed by atoms with Gasteiger partial charge in [0.1, 0.15) is 6.04 Å². The Bertz CT molecular complexity index is 730. The highest BCUT2D eigenvalue weighted by Crippen LogP contribution is 2.40. The third-order valence-corrected chi connectivity index (χ3v) is 12.5. The smallest absolute Gasteiger partial charge is 0.338 e. The van der Waals surface area contributed by atoms with Crippen LogP contribution in [0.25, 0.3) is 0 Å². The summed E-state index contributed by atoms with van der Waals surface area (Å²) < 4.78 is 0. The van der Waals surface area contributed by atoms with E-state index >= 15 is 0 Å². The lowest BCUT2D eigenvalue weighted by atomic mass is 10.1.